The molecule has 0 aromatic heterocycles. The van der Waals surface area contributed by atoms with Crippen molar-refractivity contribution >= 4 is 23.2 Å². The fraction of sp³-hybridized carbons (Fsp3) is 0.417. The van der Waals surface area contributed by atoms with Crippen LogP contribution in [0.3, 0.4) is 0 Å². The number of unbranched alkanes of at least 4 members (excludes halogenated alkanes) is 4. The first-order valence-corrected chi connectivity index (χ1v) is 11.1. The maximum Gasteiger partial charge on any atom is 0.309 e. The van der Waals surface area contributed by atoms with E-state index in [4.69, 9.17) is 20.9 Å². The van der Waals surface area contributed by atoms with Gasteiger partial charge >= 0.3 is 11.8 Å². The van der Waals surface area contributed by atoms with Gasteiger partial charge in [0.1, 0.15) is 11.5 Å². The number of ether oxygens (including phenoxy) is 2. The lowest BCUT2D eigenvalue weighted by molar-refractivity contribution is -0.139. The maximum atomic E-state index is 11.8. The lowest BCUT2D eigenvalue weighted by Crippen LogP contribution is -2.40. The van der Waals surface area contributed by atoms with Crippen LogP contribution in [0.1, 0.15) is 38.5 Å². The van der Waals surface area contributed by atoms with Crippen molar-refractivity contribution in [2.45, 2.75) is 38.5 Å². The molecular weight excluding hydrogens is 408 g/mol. The van der Waals surface area contributed by atoms with Crippen LogP contribution in [0.5, 0.6) is 11.5 Å². The Morgan fingerprint density at radius 3 is 1.34 bits per heavy atom. The van der Waals surface area contributed by atoms with Gasteiger partial charge < -0.3 is 31.6 Å². The van der Waals surface area contributed by atoms with Gasteiger partial charge in [-0.25, -0.2) is 0 Å². The van der Waals surface area contributed by atoms with Gasteiger partial charge in [-0.2, -0.15) is 0 Å². The Bertz CT molecular complexity index is 740. The minimum absolute atomic E-state index is 0.469. The number of rotatable bonds is 14. The SMILES string of the molecule is Nc1ccc(OCCCCCNC(=O)C(=O)NCCCCCOc2ccc(N)cc2)cc1. The summed E-state index contributed by atoms with van der Waals surface area (Å²) in [6.07, 6.45) is 5.11. The molecule has 0 bridgehead atoms. The standard InChI is InChI=1S/C24H34N4O4/c25-19-7-11-21(12-8-19)31-17-5-1-3-15-27-23(29)24(30)28-16-4-2-6-18-32-22-13-9-20(26)10-14-22/h7-14H,1-6,15-18,25-26H2,(H,27,29)(H,28,30). The highest BCUT2D eigenvalue weighted by atomic mass is 16.5. The first-order chi connectivity index (χ1) is 15.5. The summed E-state index contributed by atoms with van der Waals surface area (Å²) in [5.74, 6) is 0.404. The zero-order chi connectivity index (χ0) is 23.0. The molecule has 2 aromatic carbocycles. The highest BCUT2D eigenvalue weighted by Gasteiger charge is 2.11. The van der Waals surface area contributed by atoms with E-state index in [0.29, 0.717) is 37.7 Å². The summed E-state index contributed by atoms with van der Waals surface area (Å²) in [4.78, 5) is 23.6. The summed E-state index contributed by atoms with van der Waals surface area (Å²) < 4.78 is 11.2. The summed E-state index contributed by atoms with van der Waals surface area (Å²) >= 11 is 0. The summed E-state index contributed by atoms with van der Waals surface area (Å²) in [6.45, 7) is 2.14. The first kappa shape index (κ1) is 24.8. The molecular formula is C24H34N4O4. The van der Waals surface area contributed by atoms with Crippen LogP contribution in [0.4, 0.5) is 11.4 Å². The maximum absolute atomic E-state index is 11.8. The zero-order valence-electron chi connectivity index (χ0n) is 18.5. The summed E-state index contributed by atoms with van der Waals surface area (Å²) in [5.41, 5.74) is 12.7. The second-order valence-corrected chi connectivity index (χ2v) is 7.47. The van der Waals surface area contributed by atoms with Crippen molar-refractivity contribution in [2.24, 2.45) is 0 Å². The van der Waals surface area contributed by atoms with Crippen LogP contribution in [0.2, 0.25) is 0 Å². The van der Waals surface area contributed by atoms with Crippen molar-refractivity contribution in [3.05, 3.63) is 48.5 Å². The third-order valence-electron chi connectivity index (χ3n) is 4.72. The Hall–Kier alpha value is -3.42. The minimum Gasteiger partial charge on any atom is -0.494 e. The quantitative estimate of drug-likeness (QED) is 0.202. The monoisotopic (exact) mass is 442 g/mol. The highest BCUT2D eigenvalue weighted by molar-refractivity contribution is 6.35. The number of anilines is 2. The zero-order valence-corrected chi connectivity index (χ0v) is 18.5. The van der Waals surface area contributed by atoms with E-state index < -0.39 is 11.8 Å². The number of amides is 2. The normalized spacial score (nSPS) is 10.4. The van der Waals surface area contributed by atoms with Crippen LogP contribution in [0.25, 0.3) is 0 Å². The predicted molar refractivity (Wildman–Crippen MR) is 126 cm³/mol. The second-order valence-electron chi connectivity index (χ2n) is 7.47. The molecule has 32 heavy (non-hydrogen) atoms. The number of nitrogens with one attached hydrogen (secondary N) is 2. The molecule has 8 heteroatoms. The second kappa shape index (κ2) is 14.6. The molecule has 8 nitrogen and oxygen atoms in total. The lowest BCUT2D eigenvalue weighted by atomic mass is 10.2. The minimum atomic E-state index is -0.588. The molecule has 2 rings (SSSR count). The summed E-state index contributed by atoms with van der Waals surface area (Å²) in [7, 11) is 0. The van der Waals surface area contributed by atoms with Gasteiger partial charge in [-0.3, -0.25) is 9.59 Å². The Balaban J connectivity index is 1.39. The Morgan fingerprint density at radius 1 is 0.594 bits per heavy atom. The van der Waals surface area contributed by atoms with E-state index >= 15 is 0 Å². The number of hydrogen-bond donors (Lipinski definition) is 4. The van der Waals surface area contributed by atoms with E-state index in [1.165, 1.54) is 0 Å². The van der Waals surface area contributed by atoms with E-state index in [0.717, 1.165) is 50.0 Å². The molecule has 2 aromatic rings. The molecule has 0 unspecified atom stereocenters. The van der Waals surface area contributed by atoms with Gasteiger partial charge in [0.25, 0.3) is 0 Å². The average molecular weight is 443 g/mol. The molecule has 0 atom stereocenters. The average Bonchev–Trinajstić information content (AvgIpc) is 2.80. The van der Waals surface area contributed by atoms with E-state index in [1.807, 2.05) is 24.3 Å². The topological polar surface area (TPSA) is 129 Å². The highest BCUT2D eigenvalue weighted by Crippen LogP contribution is 2.14. The van der Waals surface area contributed by atoms with Gasteiger partial charge in [0.2, 0.25) is 0 Å². The fourth-order valence-electron chi connectivity index (χ4n) is 2.88. The first-order valence-electron chi connectivity index (χ1n) is 11.1. The number of hydrogen-bond acceptors (Lipinski definition) is 6. The molecule has 174 valence electrons. The van der Waals surface area contributed by atoms with Gasteiger partial charge in [0.15, 0.2) is 0 Å². The molecule has 0 aliphatic carbocycles. The summed E-state index contributed by atoms with van der Waals surface area (Å²) in [6, 6.07) is 14.5. The van der Waals surface area contributed by atoms with Crippen molar-refractivity contribution < 1.29 is 19.1 Å². The summed E-state index contributed by atoms with van der Waals surface area (Å²) in [5, 5.41) is 5.29. The molecule has 2 amide bonds. The molecule has 0 fully saturated rings. The Kier molecular flexibility index (Phi) is 11.3. The molecule has 6 N–H and O–H groups in total. The largest absolute Gasteiger partial charge is 0.494 e. The fourth-order valence-corrected chi connectivity index (χ4v) is 2.88. The van der Waals surface area contributed by atoms with Crippen LogP contribution < -0.4 is 31.6 Å². The van der Waals surface area contributed by atoms with Gasteiger partial charge in [-0.15, -0.1) is 0 Å². The molecule has 0 heterocycles. The van der Waals surface area contributed by atoms with Gasteiger partial charge in [-0.05, 0) is 87.1 Å². The van der Waals surface area contributed by atoms with Gasteiger partial charge in [-0.1, -0.05) is 0 Å². The van der Waals surface area contributed by atoms with Crippen molar-refractivity contribution in [2.75, 3.05) is 37.8 Å². The number of nitrogen functional groups attached to an aromatic ring is 2. The molecule has 0 spiro atoms. The molecule has 0 saturated carbocycles. The van der Waals surface area contributed by atoms with Gasteiger partial charge in [0.05, 0.1) is 13.2 Å². The molecule has 0 saturated heterocycles. The smallest absolute Gasteiger partial charge is 0.309 e. The van der Waals surface area contributed by atoms with E-state index in [9.17, 15) is 9.59 Å². The van der Waals surface area contributed by atoms with E-state index in [2.05, 4.69) is 10.6 Å². The van der Waals surface area contributed by atoms with Crippen LogP contribution in [0.15, 0.2) is 48.5 Å². The number of nitrogens with two attached hydrogens (primary N) is 2. The molecule has 0 aliphatic heterocycles. The van der Waals surface area contributed by atoms with Crippen molar-refractivity contribution in [1.29, 1.82) is 0 Å². The van der Waals surface area contributed by atoms with Crippen LogP contribution in [-0.2, 0) is 9.59 Å². The number of carbonyl (C=O) groups excluding carboxylic acids is 2. The Morgan fingerprint density at radius 2 is 0.969 bits per heavy atom. The van der Waals surface area contributed by atoms with Crippen molar-refractivity contribution in [3.63, 3.8) is 0 Å². The predicted octanol–water partition coefficient (Wildman–Crippen LogP) is 2.88. The Labute approximate surface area is 189 Å². The third-order valence-corrected chi connectivity index (χ3v) is 4.72. The van der Waals surface area contributed by atoms with E-state index in [-0.39, 0.29) is 0 Å². The van der Waals surface area contributed by atoms with Crippen LogP contribution >= 0.6 is 0 Å². The van der Waals surface area contributed by atoms with Crippen molar-refractivity contribution in [1.82, 2.24) is 10.6 Å². The third kappa shape index (κ3) is 10.6. The molecule has 0 aliphatic rings. The van der Waals surface area contributed by atoms with Crippen LogP contribution in [-0.4, -0.2) is 38.1 Å². The van der Waals surface area contributed by atoms with Crippen LogP contribution in [0, 0.1) is 0 Å². The van der Waals surface area contributed by atoms with Gasteiger partial charge in [0, 0.05) is 24.5 Å². The molecule has 0 radical (unpaired) electrons. The lowest BCUT2D eigenvalue weighted by Gasteiger charge is -2.08. The van der Waals surface area contributed by atoms with Crippen molar-refractivity contribution in [3.8, 4) is 11.5 Å². The number of benzene rings is 2. The van der Waals surface area contributed by atoms with E-state index in [1.54, 1.807) is 24.3 Å². The number of carbonyl (C=O) groups is 2.